The van der Waals surface area contributed by atoms with E-state index in [4.69, 9.17) is 4.42 Å². The number of furan rings is 1. The molecule has 0 unspecified atom stereocenters. The van der Waals surface area contributed by atoms with Crippen molar-refractivity contribution in [3.63, 3.8) is 0 Å². The summed E-state index contributed by atoms with van der Waals surface area (Å²) in [4.78, 5) is 23.3. The number of aryl methyl sites for hydroxylation is 1. The Morgan fingerprint density at radius 1 is 1.00 bits per heavy atom. The van der Waals surface area contributed by atoms with Crippen LogP contribution in [0.1, 0.15) is 25.0 Å². The van der Waals surface area contributed by atoms with Crippen molar-refractivity contribution in [1.29, 1.82) is 0 Å². The molecule has 0 aliphatic rings. The summed E-state index contributed by atoms with van der Waals surface area (Å²) in [7, 11) is 0. The van der Waals surface area contributed by atoms with Crippen LogP contribution in [-0.2, 0) is 22.4 Å². The van der Waals surface area contributed by atoms with Crippen LogP contribution in [0.25, 0.3) is 11.0 Å². The fourth-order valence-corrected chi connectivity index (χ4v) is 2.70. The third-order valence-electron chi connectivity index (χ3n) is 3.97. The first-order valence-corrected chi connectivity index (χ1v) is 8.21. The average molecular weight is 336 g/mol. The fraction of sp³-hybridized carbons (Fsp3) is 0.200. The molecule has 25 heavy (non-hydrogen) atoms. The first kappa shape index (κ1) is 16.8. The van der Waals surface area contributed by atoms with Crippen LogP contribution >= 0.6 is 0 Å². The predicted molar refractivity (Wildman–Crippen MR) is 98.7 cm³/mol. The van der Waals surface area contributed by atoms with E-state index < -0.39 is 0 Å². The highest BCUT2D eigenvalue weighted by atomic mass is 16.3. The maximum atomic E-state index is 12.3. The van der Waals surface area contributed by atoms with Gasteiger partial charge in [0.25, 0.3) is 0 Å². The molecule has 2 N–H and O–H groups in total. The van der Waals surface area contributed by atoms with Crippen molar-refractivity contribution in [2.75, 3.05) is 10.6 Å². The van der Waals surface area contributed by atoms with E-state index in [1.54, 1.807) is 30.5 Å². The summed E-state index contributed by atoms with van der Waals surface area (Å²) in [5, 5.41) is 6.53. The molecule has 0 aliphatic carbocycles. The van der Waals surface area contributed by atoms with Gasteiger partial charge in [0.15, 0.2) is 0 Å². The van der Waals surface area contributed by atoms with E-state index in [0.717, 1.165) is 23.0 Å². The molecule has 1 aromatic heterocycles. The number of rotatable bonds is 5. The van der Waals surface area contributed by atoms with Gasteiger partial charge in [-0.25, -0.2) is 0 Å². The van der Waals surface area contributed by atoms with E-state index >= 15 is 0 Å². The minimum absolute atomic E-state index is 0.114. The Morgan fingerprint density at radius 2 is 1.68 bits per heavy atom. The van der Waals surface area contributed by atoms with Crippen LogP contribution in [0.4, 0.5) is 11.4 Å². The summed E-state index contributed by atoms with van der Waals surface area (Å²) in [6.07, 6.45) is 2.82. The van der Waals surface area contributed by atoms with Crippen molar-refractivity contribution in [1.82, 2.24) is 0 Å². The lowest BCUT2D eigenvalue weighted by Crippen LogP contribution is -2.14. The zero-order valence-electron chi connectivity index (χ0n) is 14.3. The number of benzene rings is 2. The van der Waals surface area contributed by atoms with Crippen molar-refractivity contribution < 1.29 is 14.0 Å². The van der Waals surface area contributed by atoms with Crippen molar-refractivity contribution in [2.24, 2.45) is 0 Å². The van der Waals surface area contributed by atoms with E-state index in [-0.39, 0.29) is 18.2 Å². The molecule has 0 fully saturated rings. The highest BCUT2D eigenvalue weighted by Gasteiger charge is 2.11. The molecular weight excluding hydrogens is 316 g/mol. The van der Waals surface area contributed by atoms with Crippen LogP contribution in [0.3, 0.4) is 0 Å². The minimum Gasteiger partial charge on any atom is -0.464 e. The SMILES string of the molecule is CCc1ccc2occ(CC(=O)Nc3ccc(NC(C)=O)cc3)c2c1. The first-order valence-electron chi connectivity index (χ1n) is 8.21. The Balaban J connectivity index is 1.69. The Labute approximate surface area is 146 Å². The maximum absolute atomic E-state index is 12.3. The summed E-state index contributed by atoms with van der Waals surface area (Å²) in [6, 6.07) is 13.1. The molecule has 2 aromatic carbocycles. The van der Waals surface area contributed by atoms with Gasteiger partial charge < -0.3 is 15.1 Å². The Kier molecular flexibility index (Phi) is 4.84. The molecule has 3 rings (SSSR count). The third-order valence-corrected chi connectivity index (χ3v) is 3.97. The number of carbonyl (C=O) groups is 2. The molecule has 2 amide bonds. The lowest BCUT2D eigenvalue weighted by molar-refractivity contribution is -0.116. The lowest BCUT2D eigenvalue weighted by Gasteiger charge is -2.07. The van der Waals surface area contributed by atoms with Crippen LogP contribution in [0.2, 0.25) is 0 Å². The molecule has 0 aliphatic heterocycles. The monoisotopic (exact) mass is 336 g/mol. The van der Waals surface area contributed by atoms with E-state index in [0.29, 0.717) is 11.4 Å². The number of hydrogen-bond acceptors (Lipinski definition) is 3. The molecular formula is C20H20N2O3. The van der Waals surface area contributed by atoms with Crippen LogP contribution in [-0.4, -0.2) is 11.8 Å². The van der Waals surface area contributed by atoms with Crippen LogP contribution in [0.5, 0.6) is 0 Å². The van der Waals surface area contributed by atoms with E-state index in [1.807, 2.05) is 12.1 Å². The van der Waals surface area contributed by atoms with Crippen LogP contribution < -0.4 is 10.6 Å². The summed E-state index contributed by atoms with van der Waals surface area (Å²) in [6.45, 7) is 3.55. The number of fused-ring (bicyclic) bond motifs is 1. The van der Waals surface area contributed by atoms with Gasteiger partial charge in [-0.05, 0) is 48.4 Å². The normalized spacial score (nSPS) is 10.6. The smallest absolute Gasteiger partial charge is 0.228 e. The van der Waals surface area contributed by atoms with Gasteiger partial charge in [0.05, 0.1) is 12.7 Å². The summed E-state index contributed by atoms with van der Waals surface area (Å²) in [5.41, 5.74) is 4.25. The predicted octanol–water partition coefficient (Wildman–Crippen LogP) is 4.13. The van der Waals surface area contributed by atoms with E-state index in [1.165, 1.54) is 12.5 Å². The van der Waals surface area contributed by atoms with Crippen molar-refractivity contribution in [3.05, 3.63) is 59.9 Å². The molecule has 0 saturated carbocycles. The summed E-state index contributed by atoms with van der Waals surface area (Å²) >= 11 is 0. The minimum atomic E-state index is -0.130. The van der Waals surface area contributed by atoms with Gasteiger partial charge in [-0.1, -0.05) is 13.0 Å². The topological polar surface area (TPSA) is 71.3 Å². The van der Waals surface area contributed by atoms with E-state index in [9.17, 15) is 9.59 Å². The molecule has 0 bridgehead atoms. The highest BCUT2D eigenvalue weighted by molar-refractivity contribution is 5.96. The van der Waals surface area contributed by atoms with Crippen LogP contribution in [0, 0.1) is 0 Å². The summed E-state index contributed by atoms with van der Waals surface area (Å²) < 4.78 is 5.53. The zero-order chi connectivity index (χ0) is 17.8. The maximum Gasteiger partial charge on any atom is 0.228 e. The molecule has 5 heteroatoms. The second-order valence-electron chi connectivity index (χ2n) is 5.93. The number of amides is 2. The molecule has 5 nitrogen and oxygen atoms in total. The summed E-state index contributed by atoms with van der Waals surface area (Å²) in [5.74, 6) is -0.244. The van der Waals surface area contributed by atoms with Gasteiger partial charge in [0.2, 0.25) is 11.8 Å². The van der Waals surface area contributed by atoms with Gasteiger partial charge in [-0.2, -0.15) is 0 Å². The average Bonchev–Trinajstić information content (AvgIpc) is 2.98. The number of anilines is 2. The third kappa shape index (κ3) is 4.07. The molecule has 0 atom stereocenters. The standard InChI is InChI=1S/C20H20N2O3/c1-3-14-4-9-19-18(10-14)15(12-25-19)11-20(24)22-17-7-5-16(6-8-17)21-13(2)23/h4-10,12H,3,11H2,1-2H3,(H,21,23)(H,22,24). The van der Waals surface area contributed by atoms with Gasteiger partial charge in [0.1, 0.15) is 5.58 Å². The molecule has 128 valence electrons. The van der Waals surface area contributed by atoms with Crippen molar-refractivity contribution >= 4 is 34.2 Å². The lowest BCUT2D eigenvalue weighted by atomic mass is 10.1. The molecule has 0 radical (unpaired) electrons. The van der Waals surface area contributed by atoms with Gasteiger partial charge >= 0.3 is 0 Å². The van der Waals surface area contributed by atoms with Gasteiger partial charge in [0, 0.05) is 29.2 Å². The number of hydrogen-bond donors (Lipinski definition) is 2. The molecule has 0 spiro atoms. The molecule has 0 saturated heterocycles. The van der Waals surface area contributed by atoms with Crippen molar-refractivity contribution in [2.45, 2.75) is 26.7 Å². The first-order chi connectivity index (χ1) is 12.0. The van der Waals surface area contributed by atoms with Crippen LogP contribution in [0.15, 0.2) is 53.1 Å². The van der Waals surface area contributed by atoms with Crippen molar-refractivity contribution in [3.8, 4) is 0 Å². The Hall–Kier alpha value is -3.08. The quantitative estimate of drug-likeness (QED) is 0.736. The van der Waals surface area contributed by atoms with Gasteiger partial charge in [-0.3, -0.25) is 9.59 Å². The molecule has 3 aromatic rings. The Morgan fingerprint density at radius 3 is 2.32 bits per heavy atom. The second kappa shape index (κ2) is 7.21. The largest absolute Gasteiger partial charge is 0.464 e. The molecule has 1 heterocycles. The zero-order valence-corrected chi connectivity index (χ0v) is 14.3. The van der Waals surface area contributed by atoms with Gasteiger partial charge in [-0.15, -0.1) is 0 Å². The van der Waals surface area contributed by atoms with E-state index in [2.05, 4.69) is 23.6 Å². The second-order valence-corrected chi connectivity index (χ2v) is 5.93. The highest BCUT2D eigenvalue weighted by Crippen LogP contribution is 2.24. The number of nitrogens with one attached hydrogen (secondary N) is 2. The fourth-order valence-electron chi connectivity index (χ4n) is 2.70. The number of carbonyl (C=O) groups excluding carboxylic acids is 2. The Bertz CT molecular complexity index is 910.